The third kappa shape index (κ3) is 2.92. The smallest absolute Gasteiger partial charge is 0.254 e. The topological polar surface area (TPSA) is 87.4 Å². The van der Waals surface area contributed by atoms with Gasteiger partial charge in [0.15, 0.2) is 0 Å². The van der Waals surface area contributed by atoms with Gasteiger partial charge in [-0.25, -0.2) is 4.98 Å². The molecule has 1 heterocycles. The molecule has 19 heavy (non-hydrogen) atoms. The van der Waals surface area contributed by atoms with Crippen molar-refractivity contribution in [3.05, 3.63) is 48.0 Å². The monoisotopic (exact) mass is 261 g/mol. The predicted molar refractivity (Wildman–Crippen MR) is 68.7 cm³/mol. The van der Waals surface area contributed by atoms with Crippen LogP contribution in [-0.2, 0) is 6.54 Å². The number of hydrogen-bond donors (Lipinski definition) is 3. The quantitative estimate of drug-likeness (QED) is 0.755. The van der Waals surface area contributed by atoms with Crippen LogP contribution in [0.15, 0.2) is 36.9 Å². The van der Waals surface area contributed by atoms with Gasteiger partial charge in [-0.05, 0) is 17.7 Å². The summed E-state index contributed by atoms with van der Waals surface area (Å²) in [6, 6.07) is 4.47. The number of phenolic OH excluding ortho intramolecular Hbond substituents is 1. The Morgan fingerprint density at radius 3 is 2.95 bits per heavy atom. The molecule has 3 N–H and O–H groups in total. The number of carbonyl (C=O) groups is 1. The second kappa shape index (κ2) is 5.53. The Morgan fingerprint density at radius 1 is 1.53 bits per heavy atom. The van der Waals surface area contributed by atoms with E-state index in [1.54, 1.807) is 29.4 Å². The zero-order valence-electron chi connectivity index (χ0n) is 10.4. The number of aromatic nitrogens is 2. The molecule has 2 aromatic rings. The number of imidazole rings is 1. The maximum absolute atomic E-state index is 11.6. The Labute approximate surface area is 110 Å². The molecule has 0 fully saturated rings. The van der Waals surface area contributed by atoms with Gasteiger partial charge in [-0.1, -0.05) is 6.07 Å². The van der Waals surface area contributed by atoms with Crippen LogP contribution in [0.4, 0.5) is 0 Å². The van der Waals surface area contributed by atoms with E-state index in [2.05, 4.69) is 10.3 Å². The standard InChI is InChI=1S/C13H15N3O3/c1-14-13(19)10-6-9(2-3-11(10)17)12(18)7-16-5-4-15-8-16/h2-6,8,12,17-18H,7H2,1H3,(H,14,19). The minimum atomic E-state index is -0.779. The fourth-order valence-corrected chi connectivity index (χ4v) is 1.78. The summed E-state index contributed by atoms with van der Waals surface area (Å²) >= 11 is 0. The second-order valence-electron chi connectivity index (χ2n) is 4.13. The first-order valence-corrected chi connectivity index (χ1v) is 5.80. The molecule has 1 atom stereocenters. The Morgan fingerprint density at radius 2 is 2.32 bits per heavy atom. The summed E-state index contributed by atoms with van der Waals surface area (Å²) in [5, 5.41) is 22.2. The number of aliphatic hydroxyl groups is 1. The van der Waals surface area contributed by atoms with Crippen LogP contribution in [0.3, 0.4) is 0 Å². The Kier molecular flexibility index (Phi) is 3.82. The third-order valence-electron chi connectivity index (χ3n) is 2.82. The van der Waals surface area contributed by atoms with Crippen molar-refractivity contribution in [3.8, 4) is 5.75 Å². The highest BCUT2D eigenvalue weighted by Gasteiger charge is 2.14. The molecular formula is C13H15N3O3. The van der Waals surface area contributed by atoms with Gasteiger partial charge in [0.1, 0.15) is 5.75 Å². The Hall–Kier alpha value is -2.34. The first kappa shape index (κ1) is 13.1. The van der Waals surface area contributed by atoms with Crippen LogP contribution >= 0.6 is 0 Å². The predicted octanol–water partition coefficient (Wildman–Crippen LogP) is 0.682. The first-order chi connectivity index (χ1) is 9.11. The van der Waals surface area contributed by atoms with Crippen molar-refractivity contribution in [2.24, 2.45) is 0 Å². The molecule has 6 nitrogen and oxygen atoms in total. The van der Waals surface area contributed by atoms with Crippen molar-refractivity contribution >= 4 is 5.91 Å². The maximum Gasteiger partial charge on any atom is 0.254 e. The zero-order chi connectivity index (χ0) is 13.8. The maximum atomic E-state index is 11.6. The number of phenols is 1. The lowest BCUT2D eigenvalue weighted by Gasteiger charge is -2.13. The normalized spacial score (nSPS) is 12.1. The molecule has 1 aromatic carbocycles. The molecule has 0 saturated heterocycles. The van der Waals surface area contributed by atoms with E-state index in [0.717, 1.165) is 0 Å². The average Bonchev–Trinajstić information content (AvgIpc) is 2.91. The van der Waals surface area contributed by atoms with Crippen LogP contribution in [0.25, 0.3) is 0 Å². The van der Waals surface area contributed by atoms with Crippen molar-refractivity contribution < 1.29 is 15.0 Å². The van der Waals surface area contributed by atoms with Crippen LogP contribution < -0.4 is 5.32 Å². The van der Waals surface area contributed by atoms with E-state index < -0.39 is 12.0 Å². The highest BCUT2D eigenvalue weighted by molar-refractivity contribution is 5.96. The lowest BCUT2D eigenvalue weighted by molar-refractivity contribution is 0.0960. The van der Waals surface area contributed by atoms with Gasteiger partial charge in [-0.15, -0.1) is 0 Å². The molecule has 1 unspecified atom stereocenters. The highest BCUT2D eigenvalue weighted by Crippen LogP contribution is 2.23. The molecule has 0 aliphatic heterocycles. The number of aliphatic hydroxyl groups excluding tert-OH is 1. The van der Waals surface area contributed by atoms with Crippen molar-refractivity contribution in [3.63, 3.8) is 0 Å². The first-order valence-electron chi connectivity index (χ1n) is 5.80. The summed E-state index contributed by atoms with van der Waals surface area (Å²) in [5.41, 5.74) is 0.704. The molecule has 0 aliphatic rings. The molecule has 1 aromatic heterocycles. The molecule has 1 amide bonds. The number of hydrogen-bond acceptors (Lipinski definition) is 4. The number of aromatic hydroxyl groups is 1. The molecular weight excluding hydrogens is 246 g/mol. The van der Waals surface area contributed by atoms with Crippen LogP contribution in [0.2, 0.25) is 0 Å². The molecule has 100 valence electrons. The largest absolute Gasteiger partial charge is 0.507 e. The molecule has 0 saturated carbocycles. The van der Waals surface area contributed by atoms with Crippen molar-refractivity contribution in [2.45, 2.75) is 12.6 Å². The van der Waals surface area contributed by atoms with E-state index in [0.29, 0.717) is 12.1 Å². The Bertz CT molecular complexity index is 567. The summed E-state index contributed by atoms with van der Waals surface area (Å²) in [4.78, 5) is 15.4. The van der Waals surface area contributed by atoms with Gasteiger partial charge in [-0.3, -0.25) is 4.79 Å². The molecule has 0 aliphatic carbocycles. The summed E-state index contributed by atoms with van der Waals surface area (Å²) in [7, 11) is 1.48. The van der Waals surface area contributed by atoms with Gasteiger partial charge in [0, 0.05) is 19.4 Å². The lowest BCUT2D eigenvalue weighted by atomic mass is 10.0. The van der Waals surface area contributed by atoms with Gasteiger partial charge in [0.25, 0.3) is 5.91 Å². The Balaban J connectivity index is 2.22. The molecule has 2 rings (SSSR count). The van der Waals surface area contributed by atoms with Crippen LogP contribution in [0, 0.1) is 0 Å². The van der Waals surface area contributed by atoms with E-state index in [1.807, 2.05) is 0 Å². The van der Waals surface area contributed by atoms with Crippen LogP contribution in [0.1, 0.15) is 22.0 Å². The molecule has 0 bridgehead atoms. The van der Waals surface area contributed by atoms with Gasteiger partial charge >= 0.3 is 0 Å². The fourth-order valence-electron chi connectivity index (χ4n) is 1.78. The summed E-state index contributed by atoms with van der Waals surface area (Å²) in [6.45, 7) is 0.331. The van der Waals surface area contributed by atoms with Crippen LogP contribution in [-0.4, -0.2) is 32.7 Å². The highest BCUT2D eigenvalue weighted by atomic mass is 16.3. The van der Waals surface area contributed by atoms with Crippen molar-refractivity contribution in [1.29, 1.82) is 0 Å². The summed E-state index contributed by atoms with van der Waals surface area (Å²) in [5.74, 6) is -0.507. The number of carbonyl (C=O) groups excluding carboxylic acids is 1. The van der Waals surface area contributed by atoms with Crippen LogP contribution in [0.5, 0.6) is 5.75 Å². The van der Waals surface area contributed by atoms with Gasteiger partial charge in [0.05, 0.1) is 24.5 Å². The minimum Gasteiger partial charge on any atom is -0.507 e. The minimum absolute atomic E-state index is 0.113. The number of rotatable bonds is 4. The summed E-state index contributed by atoms with van der Waals surface area (Å²) < 4.78 is 1.73. The summed E-state index contributed by atoms with van der Waals surface area (Å²) in [6.07, 6.45) is 4.18. The number of benzene rings is 1. The zero-order valence-corrected chi connectivity index (χ0v) is 10.4. The number of nitrogens with zero attached hydrogens (tertiary/aromatic N) is 2. The van der Waals surface area contributed by atoms with E-state index in [9.17, 15) is 15.0 Å². The van der Waals surface area contributed by atoms with Crippen molar-refractivity contribution in [1.82, 2.24) is 14.9 Å². The second-order valence-corrected chi connectivity index (χ2v) is 4.13. The lowest BCUT2D eigenvalue weighted by Crippen LogP contribution is -2.18. The number of nitrogens with one attached hydrogen (secondary N) is 1. The molecule has 0 radical (unpaired) electrons. The fraction of sp³-hybridized carbons (Fsp3) is 0.231. The van der Waals surface area contributed by atoms with E-state index in [4.69, 9.17) is 0 Å². The van der Waals surface area contributed by atoms with Gasteiger partial charge in [-0.2, -0.15) is 0 Å². The van der Waals surface area contributed by atoms with E-state index >= 15 is 0 Å². The van der Waals surface area contributed by atoms with Crippen molar-refractivity contribution in [2.75, 3.05) is 7.05 Å². The van der Waals surface area contributed by atoms with Gasteiger partial charge < -0.3 is 20.1 Å². The third-order valence-corrected chi connectivity index (χ3v) is 2.82. The average molecular weight is 261 g/mol. The molecule has 0 spiro atoms. The SMILES string of the molecule is CNC(=O)c1cc(C(O)Cn2ccnc2)ccc1O. The van der Waals surface area contributed by atoms with E-state index in [-0.39, 0.29) is 11.3 Å². The van der Waals surface area contributed by atoms with E-state index in [1.165, 1.54) is 19.2 Å². The van der Waals surface area contributed by atoms with Gasteiger partial charge in [0.2, 0.25) is 0 Å². The molecule has 6 heteroatoms. The number of amides is 1.